The summed E-state index contributed by atoms with van der Waals surface area (Å²) in [5.74, 6) is 2.80. The maximum atomic E-state index is 13.1. The van der Waals surface area contributed by atoms with Crippen molar-refractivity contribution in [2.75, 3.05) is 36.8 Å². The maximum Gasteiger partial charge on any atom is 0.272 e. The van der Waals surface area contributed by atoms with Crippen LogP contribution in [-0.4, -0.2) is 106 Å². The first-order valence-corrected chi connectivity index (χ1v) is 22.4. The number of aryl methyl sites for hydroxylation is 2. The second-order valence-electron chi connectivity index (χ2n) is 18.3. The highest BCUT2D eigenvalue weighted by atomic mass is 16.5. The summed E-state index contributed by atoms with van der Waals surface area (Å²) in [4.78, 5) is 64.2. The van der Waals surface area contributed by atoms with E-state index in [0.29, 0.717) is 81.5 Å². The third kappa shape index (κ3) is 11.2. The molecule has 68 heavy (non-hydrogen) atoms. The Morgan fingerprint density at radius 1 is 0.750 bits per heavy atom. The molecule has 0 bridgehead atoms. The summed E-state index contributed by atoms with van der Waals surface area (Å²) in [5, 5.41) is 17.8. The van der Waals surface area contributed by atoms with Crippen LogP contribution in [-0.2, 0) is 30.0 Å². The molecule has 1 unspecified atom stereocenters. The monoisotopic (exact) mass is 925 g/mol. The number of amides is 4. The first kappa shape index (κ1) is 46.7. The molecule has 4 amide bonds. The van der Waals surface area contributed by atoms with Gasteiger partial charge in [0.25, 0.3) is 23.6 Å². The largest absolute Gasteiger partial charge is 0.488 e. The Bertz CT molecular complexity index is 2800. The van der Waals surface area contributed by atoms with E-state index in [4.69, 9.17) is 18.9 Å². The molecule has 1 atom stereocenters. The Hall–Kier alpha value is -7.83. The van der Waals surface area contributed by atoms with Gasteiger partial charge in [0.15, 0.2) is 11.6 Å². The normalized spacial score (nSPS) is 19.4. The molecule has 4 aliphatic heterocycles. The molecule has 2 saturated heterocycles. The average molecular weight is 926 g/mol. The average Bonchev–Trinajstić information content (AvgIpc) is 3.95. The maximum absolute atomic E-state index is 13.1. The van der Waals surface area contributed by atoms with Crippen molar-refractivity contribution >= 4 is 35.3 Å². The van der Waals surface area contributed by atoms with Crippen molar-refractivity contribution in [3.8, 4) is 23.0 Å². The van der Waals surface area contributed by atoms with Crippen LogP contribution in [0.3, 0.4) is 0 Å². The number of ether oxygens (including phenoxy) is 4. The standard InChI is InChI=1S/C26H31N5O4.C23H24N6O4/c1-17-15-26(3,4)35-18(2)13-19(24(32)28-23-9-12-30(5)29-23)14-22(17)34-20-7-8-21(27-16-20)25(33)31-10-6-11-31;1-23(2)11-16-18(32-15-5-6-17(24-12-15)22(31)29-7-4-8-29)9-14(10-19(16)33-23)21(30)26-20-13-25-28(3)27-20/h7-9,12-14,16-17H,2,6,10-11,15H2,1,3-5H3,(H,28,29,32);5-6,9-10,12-13H,4,7-8,11H2,1-3H3,(H,26,27,30)/b19-13+,22-14+;. The molecule has 2 fully saturated rings. The minimum Gasteiger partial charge on any atom is -0.488 e. The van der Waals surface area contributed by atoms with Crippen molar-refractivity contribution in [3.05, 3.63) is 126 Å². The molecule has 19 nitrogen and oxygen atoms in total. The summed E-state index contributed by atoms with van der Waals surface area (Å²) < 4.78 is 26.0. The third-order valence-electron chi connectivity index (χ3n) is 11.4. The zero-order valence-electron chi connectivity index (χ0n) is 39.2. The zero-order chi connectivity index (χ0) is 48.3. The summed E-state index contributed by atoms with van der Waals surface area (Å²) >= 11 is 0. The number of aromatic nitrogens is 7. The zero-order valence-corrected chi connectivity index (χ0v) is 39.2. The van der Waals surface area contributed by atoms with Crippen molar-refractivity contribution in [2.24, 2.45) is 20.0 Å². The summed E-state index contributed by atoms with van der Waals surface area (Å²) in [6, 6.07) is 11.8. The SMILES string of the molecule is C=C1/C=C(C(=O)Nc2ccn(C)n2)\C=C(\Oc2ccc(C(=O)N3CCC3)nc2)C(C)CC(C)(C)O1.Cn1ncc(NC(=O)c2cc(Oc3ccc(C(=O)N4CCC4)nc3)c3c(c2)OC(C)(C)C3)n1. The van der Waals surface area contributed by atoms with Crippen LogP contribution in [0.5, 0.6) is 23.0 Å². The van der Waals surface area contributed by atoms with E-state index in [-0.39, 0.29) is 29.5 Å². The van der Waals surface area contributed by atoms with Crippen molar-refractivity contribution < 1.29 is 38.1 Å². The number of nitrogens with one attached hydrogen (secondary N) is 2. The molecule has 8 heterocycles. The Balaban J connectivity index is 0.000000184. The molecule has 5 aromatic rings. The molecule has 0 aliphatic carbocycles. The van der Waals surface area contributed by atoms with Crippen LogP contribution in [0, 0.1) is 5.92 Å². The summed E-state index contributed by atoms with van der Waals surface area (Å²) in [7, 11) is 3.44. The summed E-state index contributed by atoms with van der Waals surface area (Å²) in [6.07, 6.45) is 12.9. The molecule has 2 N–H and O–H groups in total. The Kier molecular flexibility index (Phi) is 13.2. The van der Waals surface area contributed by atoms with Gasteiger partial charge in [-0.25, -0.2) is 9.97 Å². The molecule has 0 radical (unpaired) electrons. The number of hydrogen-bond donors (Lipinski definition) is 2. The lowest BCUT2D eigenvalue weighted by Crippen LogP contribution is -2.42. The molecule has 4 aromatic heterocycles. The number of carbonyl (C=O) groups is 4. The number of pyridine rings is 2. The minimum absolute atomic E-state index is 0.0772. The number of hydrogen-bond acceptors (Lipinski definition) is 13. The molecule has 354 valence electrons. The lowest BCUT2D eigenvalue weighted by atomic mass is 9.92. The van der Waals surface area contributed by atoms with Crippen LogP contribution in [0.15, 0.2) is 103 Å². The molecular formula is C49H55N11O8. The lowest BCUT2D eigenvalue weighted by molar-refractivity contribution is -0.112. The fourth-order valence-corrected chi connectivity index (χ4v) is 7.92. The number of fused-ring (bicyclic) bond motifs is 1. The number of carbonyl (C=O) groups excluding carboxylic acids is 4. The van der Waals surface area contributed by atoms with Crippen molar-refractivity contribution in [1.82, 2.24) is 44.5 Å². The van der Waals surface area contributed by atoms with Gasteiger partial charge in [0.05, 0.1) is 18.6 Å². The van der Waals surface area contributed by atoms with Crippen LogP contribution in [0.2, 0.25) is 0 Å². The fourth-order valence-electron chi connectivity index (χ4n) is 7.92. The van der Waals surface area contributed by atoms with Gasteiger partial charge in [-0.2, -0.15) is 15.0 Å². The van der Waals surface area contributed by atoms with E-state index in [9.17, 15) is 19.2 Å². The van der Waals surface area contributed by atoms with E-state index in [1.165, 1.54) is 23.4 Å². The Morgan fingerprint density at radius 3 is 1.93 bits per heavy atom. The van der Waals surface area contributed by atoms with Gasteiger partial charge in [0.2, 0.25) is 0 Å². The smallest absolute Gasteiger partial charge is 0.272 e. The summed E-state index contributed by atoms with van der Waals surface area (Å²) in [6.45, 7) is 16.9. The molecule has 1 aromatic carbocycles. The van der Waals surface area contributed by atoms with E-state index in [1.807, 2.05) is 34.6 Å². The highest BCUT2D eigenvalue weighted by Gasteiger charge is 2.35. The van der Waals surface area contributed by atoms with Gasteiger partial charge in [-0.15, -0.1) is 5.10 Å². The number of likely N-dealkylation sites (tertiary alicyclic amines) is 2. The van der Waals surface area contributed by atoms with E-state index in [1.54, 1.807) is 89.4 Å². The molecule has 9 rings (SSSR count). The van der Waals surface area contributed by atoms with Crippen molar-refractivity contribution in [2.45, 2.75) is 71.5 Å². The number of anilines is 2. The number of benzene rings is 1. The minimum atomic E-state index is -0.534. The van der Waals surface area contributed by atoms with Crippen LogP contribution < -0.4 is 24.8 Å². The molecule has 0 spiro atoms. The van der Waals surface area contributed by atoms with E-state index in [2.05, 4.69) is 42.5 Å². The predicted octanol–water partition coefficient (Wildman–Crippen LogP) is 6.65. The highest BCUT2D eigenvalue weighted by molar-refractivity contribution is 6.06. The number of rotatable bonds is 10. The Morgan fingerprint density at radius 2 is 1.38 bits per heavy atom. The van der Waals surface area contributed by atoms with E-state index in [0.717, 1.165) is 44.6 Å². The Labute approximate surface area is 393 Å². The van der Waals surface area contributed by atoms with Gasteiger partial charge < -0.3 is 39.4 Å². The van der Waals surface area contributed by atoms with Gasteiger partial charge in [0.1, 0.15) is 57.1 Å². The number of allylic oxidation sites excluding steroid dienone is 2. The van der Waals surface area contributed by atoms with Gasteiger partial charge in [-0.1, -0.05) is 13.5 Å². The third-order valence-corrected chi connectivity index (χ3v) is 11.4. The van der Waals surface area contributed by atoms with Gasteiger partial charge in [-0.3, -0.25) is 23.9 Å². The van der Waals surface area contributed by atoms with E-state index >= 15 is 0 Å². The molecule has 0 saturated carbocycles. The van der Waals surface area contributed by atoms with Crippen LogP contribution in [0.1, 0.15) is 90.8 Å². The van der Waals surface area contributed by atoms with Crippen LogP contribution in [0.4, 0.5) is 11.6 Å². The first-order chi connectivity index (χ1) is 32.4. The van der Waals surface area contributed by atoms with Gasteiger partial charge in [-0.05, 0) is 95.5 Å². The molecular weight excluding hydrogens is 871 g/mol. The second kappa shape index (κ2) is 19.2. The van der Waals surface area contributed by atoms with Crippen molar-refractivity contribution in [1.29, 1.82) is 0 Å². The predicted molar refractivity (Wildman–Crippen MR) is 250 cm³/mol. The van der Waals surface area contributed by atoms with Gasteiger partial charge in [0, 0.05) is 81.6 Å². The van der Waals surface area contributed by atoms with Crippen LogP contribution >= 0.6 is 0 Å². The topological polar surface area (TPSA) is 210 Å². The highest BCUT2D eigenvalue weighted by Crippen LogP contribution is 2.43. The first-order valence-electron chi connectivity index (χ1n) is 22.4. The fraction of sp³-hybridized carbons (Fsp3) is 0.367. The van der Waals surface area contributed by atoms with Crippen molar-refractivity contribution in [3.63, 3.8) is 0 Å². The van der Waals surface area contributed by atoms with Gasteiger partial charge >= 0.3 is 0 Å². The quantitative estimate of drug-likeness (QED) is 0.151. The lowest BCUT2D eigenvalue weighted by Gasteiger charge is -2.30. The van der Waals surface area contributed by atoms with E-state index < -0.39 is 11.2 Å². The van der Waals surface area contributed by atoms with Crippen LogP contribution in [0.25, 0.3) is 0 Å². The molecule has 4 aliphatic rings. The second-order valence-corrected chi connectivity index (χ2v) is 18.3. The number of nitrogens with zero attached hydrogens (tertiary/aromatic N) is 9. The summed E-state index contributed by atoms with van der Waals surface area (Å²) in [5.41, 5.74) is 1.36. The molecule has 19 heteroatoms.